The summed E-state index contributed by atoms with van der Waals surface area (Å²) >= 11 is 5.68. The number of nitrogens with two attached hydrogens (primary N) is 1. The molecule has 1 atom stereocenters. The summed E-state index contributed by atoms with van der Waals surface area (Å²) in [5, 5.41) is 4.71. The Bertz CT molecular complexity index is 642. The van der Waals surface area contributed by atoms with Gasteiger partial charge in [-0.3, -0.25) is 9.69 Å². The predicted molar refractivity (Wildman–Crippen MR) is 97.5 cm³/mol. The van der Waals surface area contributed by atoms with Gasteiger partial charge in [0.2, 0.25) is 5.91 Å². The summed E-state index contributed by atoms with van der Waals surface area (Å²) in [7, 11) is 0. The van der Waals surface area contributed by atoms with Crippen LogP contribution in [0.2, 0.25) is 0 Å². The second-order valence-electron chi connectivity index (χ2n) is 7.35. The molecule has 1 amide bonds. The molecule has 25 heavy (non-hydrogen) atoms. The van der Waals surface area contributed by atoms with Gasteiger partial charge in [0.05, 0.1) is 19.3 Å². The number of amides is 1. The summed E-state index contributed by atoms with van der Waals surface area (Å²) < 4.78 is 10.4. The smallest absolute Gasteiger partial charge is 0.217 e. The molecule has 3 heterocycles. The monoisotopic (exact) mass is 367 g/mol. The van der Waals surface area contributed by atoms with E-state index in [1.807, 2.05) is 9.25 Å². The molecular formula is C17H29N5O2S. The van der Waals surface area contributed by atoms with E-state index in [9.17, 15) is 4.79 Å². The first-order valence-electron chi connectivity index (χ1n) is 9.31. The van der Waals surface area contributed by atoms with E-state index in [1.54, 1.807) is 0 Å². The van der Waals surface area contributed by atoms with Crippen molar-refractivity contribution in [2.75, 3.05) is 19.7 Å². The SMILES string of the molecule is CC1CCN(Cn2nc(CCC(N)=O)n(CC3CCCO3)c2=S)CC1. The Kier molecular flexibility index (Phi) is 6.24. The molecule has 1 aromatic heterocycles. The van der Waals surface area contributed by atoms with Crippen molar-refractivity contribution in [3.63, 3.8) is 0 Å². The first-order valence-corrected chi connectivity index (χ1v) is 9.72. The normalized spacial score (nSPS) is 22.5. The minimum atomic E-state index is -0.311. The third-order valence-corrected chi connectivity index (χ3v) is 5.65. The quantitative estimate of drug-likeness (QED) is 0.742. The number of likely N-dealkylation sites (tertiary alicyclic amines) is 1. The molecule has 0 radical (unpaired) electrons. The highest BCUT2D eigenvalue weighted by atomic mass is 32.1. The fraction of sp³-hybridized carbons (Fsp3) is 0.824. The van der Waals surface area contributed by atoms with Crippen LogP contribution in [0.25, 0.3) is 0 Å². The standard InChI is InChI=1S/C17H29N5O2S/c1-13-6-8-20(9-7-13)12-22-17(25)21(11-14-3-2-10-24-14)16(19-22)5-4-15(18)23/h13-14H,2-12H2,1H3,(H2,18,23). The molecule has 8 heteroatoms. The first-order chi connectivity index (χ1) is 12.0. The van der Waals surface area contributed by atoms with Crippen LogP contribution in [0.1, 0.15) is 44.9 Å². The largest absolute Gasteiger partial charge is 0.376 e. The van der Waals surface area contributed by atoms with Crippen molar-refractivity contribution in [3.8, 4) is 0 Å². The minimum Gasteiger partial charge on any atom is -0.376 e. The average Bonchev–Trinajstić information content (AvgIpc) is 3.19. The van der Waals surface area contributed by atoms with Crippen LogP contribution < -0.4 is 5.73 Å². The van der Waals surface area contributed by atoms with E-state index >= 15 is 0 Å². The predicted octanol–water partition coefficient (Wildman–Crippen LogP) is 1.70. The van der Waals surface area contributed by atoms with Gasteiger partial charge in [-0.25, -0.2) is 4.68 Å². The maximum Gasteiger partial charge on any atom is 0.217 e. The topological polar surface area (TPSA) is 78.3 Å². The van der Waals surface area contributed by atoms with E-state index < -0.39 is 0 Å². The van der Waals surface area contributed by atoms with Crippen LogP contribution in [-0.4, -0.2) is 51.0 Å². The molecule has 3 rings (SSSR count). The summed E-state index contributed by atoms with van der Waals surface area (Å²) in [5.41, 5.74) is 5.32. The number of hydrogen-bond acceptors (Lipinski definition) is 5. The minimum absolute atomic E-state index is 0.188. The van der Waals surface area contributed by atoms with Crippen molar-refractivity contribution >= 4 is 18.1 Å². The van der Waals surface area contributed by atoms with Crippen molar-refractivity contribution in [2.24, 2.45) is 11.7 Å². The van der Waals surface area contributed by atoms with Crippen LogP contribution in [0.3, 0.4) is 0 Å². The van der Waals surface area contributed by atoms with Gasteiger partial charge in [-0.05, 0) is 43.8 Å². The van der Waals surface area contributed by atoms with Crippen molar-refractivity contribution in [1.82, 2.24) is 19.2 Å². The summed E-state index contributed by atoms with van der Waals surface area (Å²) in [6.45, 7) is 6.71. The number of rotatable bonds is 7. The van der Waals surface area contributed by atoms with Crippen molar-refractivity contribution in [3.05, 3.63) is 10.6 Å². The lowest BCUT2D eigenvalue weighted by molar-refractivity contribution is -0.118. The Balaban J connectivity index is 1.75. The van der Waals surface area contributed by atoms with Crippen molar-refractivity contribution in [2.45, 2.75) is 64.8 Å². The zero-order valence-corrected chi connectivity index (χ0v) is 15.8. The molecule has 0 bridgehead atoms. The molecule has 2 fully saturated rings. The van der Waals surface area contributed by atoms with Gasteiger partial charge in [-0.15, -0.1) is 0 Å². The fourth-order valence-electron chi connectivity index (χ4n) is 3.57. The van der Waals surface area contributed by atoms with E-state index in [0.29, 0.717) is 30.8 Å². The van der Waals surface area contributed by atoms with Crippen molar-refractivity contribution < 1.29 is 9.53 Å². The Morgan fingerprint density at radius 3 is 2.76 bits per heavy atom. The molecule has 1 unspecified atom stereocenters. The lowest BCUT2D eigenvalue weighted by Crippen LogP contribution is -2.34. The zero-order valence-electron chi connectivity index (χ0n) is 15.0. The molecule has 2 N–H and O–H groups in total. The number of nitrogens with zero attached hydrogens (tertiary/aromatic N) is 4. The number of hydrogen-bond donors (Lipinski definition) is 1. The lowest BCUT2D eigenvalue weighted by atomic mass is 10.00. The van der Waals surface area contributed by atoms with Crippen LogP contribution in [-0.2, 0) is 29.2 Å². The van der Waals surface area contributed by atoms with Gasteiger partial charge in [-0.2, -0.15) is 5.10 Å². The van der Waals surface area contributed by atoms with Gasteiger partial charge in [0, 0.05) is 32.5 Å². The lowest BCUT2D eigenvalue weighted by Gasteiger charge is -2.29. The summed E-state index contributed by atoms with van der Waals surface area (Å²) in [6.07, 6.45) is 5.58. The van der Waals surface area contributed by atoms with Gasteiger partial charge in [0.25, 0.3) is 0 Å². The highest BCUT2D eigenvalue weighted by Gasteiger charge is 2.22. The fourth-order valence-corrected chi connectivity index (χ4v) is 3.84. The van der Waals surface area contributed by atoms with Crippen LogP contribution in [0.5, 0.6) is 0 Å². The molecule has 2 aliphatic heterocycles. The van der Waals surface area contributed by atoms with Gasteiger partial charge < -0.3 is 15.0 Å². The molecule has 0 aliphatic carbocycles. The Hall–Kier alpha value is -1.25. The molecule has 1 aromatic rings. The number of piperidine rings is 1. The second-order valence-corrected chi connectivity index (χ2v) is 7.72. The number of carbonyl (C=O) groups excluding carboxylic acids is 1. The highest BCUT2D eigenvalue weighted by molar-refractivity contribution is 7.71. The molecule has 0 saturated carbocycles. The number of ether oxygens (including phenoxy) is 1. The number of carbonyl (C=O) groups is 1. The Morgan fingerprint density at radius 1 is 1.36 bits per heavy atom. The third kappa shape index (κ3) is 4.89. The van der Waals surface area contributed by atoms with E-state index in [0.717, 1.165) is 44.3 Å². The first kappa shape index (κ1) is 18.5. The van der Waals surface area contributed by atoms with E-state index in [-0.39, 0.29) is 12.0 Å². The molecule has 7 nitrogen and oxygen atoms in total. The van der Waals surface area contributed by atoms with Gasteiger partial charge in [0.1, 0.15) is 5.82 Å². The maximum atomic E-state index is 11.2. The second kappa shape index (κ2) is 8.42. The zero-order chi connectivity index (χ0) is 17.8. The number of aryl methyl sites for hydroxylation is 1. The van der Waals surface area contributed by atoms with E-state index in [1.165, 1.54) is 12.8 Å². The number of primary amides is 1. The summed E-state index contributed by atoms with van der Waals surface area (Å²) in [6, 6.07) is 0. The molecule has 140 valence electrons. The molecule has 0 spiro atoms. The third-order valence-electron chi connectivity index (χ3n) is 5.21. The van der Waals surface area contributed by atoms with E-state index in [4.69, 9.17) is 27.8 Å². The molecule has 2 aliphatic rings. The highest BCUT2D eigenvalue weighted by Crippen LogP contribution is 2.18. The molecule has 2 saturated heterocycles. The molecule has 0 aromatic carbocycles. The van der Waals surface area contributed by atoms with Crippen LogP contribution in [0, 0.1) is 10.7 Å². The number of aromatic nitrogens is 3. The van der Waals surface area contributed by atoms with Gasteiger partial charge in [-0.1, -0.05) is 6.92 Å². The summed E-state index contributed by atoms with van der Waals surface area (Å²) in [4.78, 5) is 13.6. The van der Waals surface area contributed by atoms with Gasteiger partial charge >= 0.3 is 0 Å². The summed E-state index contributed by atoms with van der Waals surface area (Å²) in [5.74, 6) is 1.33. The van der Waals surface area contributed by atoms with Gasteiger partial charge in [0.15, 0.2) is 4.77 Å². The van der Waals surface area contributed by atoms with E-state index in [2.05, 4.69) is 11.8 Å². The van der Waals surface area contributed by atoms with Crippen LogP contribution in [0.4, 0.5) is 0 Å². The average molecular weight is 368 g/mol. The molecular weight excluding hydrogens is 338 g/mol. The van der Waals surface area contributed by atoms with Crippen LogP contribution in [0.15, 0.2) is 0 Å². The maximum absolute atomic E-state index is 11.2. The Morgan fingerprint density at radius 2 is 2.12 bits per heavy atom. The van der Waals surface area contributed by atoms with Crippen molar-refractivity contribution in [1.29, 1.82) is 0 Å². The Labute approximate surface area is 154 Å². The van der Waals surface area contributed by atoms with Crippen LogP contribution >= 0.6 is 12.2 Å².